The number of aromatic amines is 1. The molecular weight excluding hydrogens is 325 g/mol. The number of hydrogen-bond donors (Lipinski definition) is 2. The van der Waals surface area contributed by atoms with Crippen molar-refractivity contribution < 1.29 is 17.7 Å². The molecule has 0 saturated carbocycles. The van der Waals surface area contributed by atoms with Crippen molar-refractivity contribution in [2.45, 2.75) is 25.7 Å². The highest BCUT2D eigenvalue weighted by atomic mass is 19.4. The predicted molar refractivity (Wildman–Crippen MR) is 75.5 cm³/mol. The highest BCUT2D eigenvalue weighted by molar-refractivity contribution is 5.31. The highest BCUT2D eigenvalue weighted by Crippen LogP contribution is 2.31. The third kappa shape index (κ3) is 3.59. The number of nitrogens with one attached hydrogen (secondary N) is 2. The standard InChI is InChI=1S/C14H13F3N6O/c1-8-21-11(23-24-8)6-18-12(13-19-7-20-22-13)9-3-2-4-10(5-9)14(15,16)17/h2-5,7,12,18H,6H2,1H3,(H,19,20,22)/t12-/m1/s1. The molecule has 10 heteroatoms. The summed E-state index contributed by atoms with van der Waals surface area (Å²) in [5.41, 5.74) is -0.344. The van der Waals surface area contributed by atoms with Gasteiger partial charge in [-0.3, -0.25) is 10.4 Å². The smallest absolute Gasteiger partial charge is 0.340 e. The Balaban J connectivity index is 1.88. The van der Waals surface area contributed by atoms with Gasteiger partial charge >= 0.3 is 6.18 Å². The van der Waals surface area contributed by atoms with Crippen molar-refractivity contribution in [1.29, 1.82) is 0 Å². The Hall–Kier alpha value is -2.75. The number of benzene rings is 1. The van der Waals surface area contributed by atoms with Gasteiger partial charge in [0.25, 0.3) is 0 Å². The summed E-state index contributed by atoms with van der Waals surface area (Å²) >= 11 is 0. The van der Waals surface area contributed by atoms with Gasteiger partial charge in [-0.2, -0.15) is 23.3 Å². The third-order valence-electron chi connectivity index (χ3n) is 3.29. The lowest BCUT2D eigenvalue weighted by Crippen LogP contribution is -2.24. The minimum absolute atomic E-state index is 0.193. The molecule has 0 saturated heterocycles. The van der Waals surface area contributed by atoms with Crippen molar-refractivity contribution in [2.24, 2.45) is 0 Å². The van der Waals surface area contributed by atoms with Crippen LogP contribution in [0, 0.1) is 6.92 Å². The van der Waals surface area contributed by atoms with Gasteiger partial charge in [-0.15, -0.1) is 0 Å². The van der Waals surface area contributed by atoms with E-state index in [0.717, 1.165) is 12.1 Å². The number of halogens is 3. The van der Waals surface area contributed by atoms with Gasteiger partial charge in [-0.05, 0) is 17.7 Å². The molecule has 0 bridgehead atoms. The van der Waals surface area contributed by atoms with Crippen LogP contribution in [0.3, 0.4) is 0 Å². The van der Waals surface area contributed by atoms with Crippen molar-refractivity contribution >= 4 is 0 Å². The Bertz CT molecular complexity index is 799. The summed E-state index contributed by atoms with van der Waals surface area (Å²) in [7, 11) is 0. The molecule has 24 heavy (non-hydrogen) atoms. The van der Waals surface area contributed by atoms with Gasteiger partial charge in [0.1, 0.15) is 12.2 Å². The molecule has 3 rings (SSSR count). The van der Waals surface area contributed by atoms with Crippen molar-refractivity contribution in [1.82, 2.24) is 30.6 Å². The Kier molecular flexibility index (Phi) is 4.30. The maximum absolute atomic E-state index is 12.9. The van der Waals surface area contributed by atoms with Crippen LogP contribution in [0.4, 0.5) is 13.2 Å². The molecule has 0 aliphatic rings. The number of hydrogen-bond acceptors (Lipinski definition) is 6. The number of nitrogens with zero attached hydrogens (tertiary/aromatic N) is 4. The fraction of sp³-hybridized carbons (Fsp3) is 0.286. The average molecular weight is 338 g/mol. The Morgan fingerprint density at radius 1 is 1.33 bits per heavy atom. The summed E-state index contributed by atoms with van der Waals surface area (Å²) in [5, 5.41) is 13.2. The van der Waals surface area contributed by atoms with Crippen molar-refractivity contribution in [2.75, 3.05) is 0 Å². The molecule has 126 valence electrons. The Labute approximate surface area is 134 Å². The molecule has 0 radical (unpaired) electrons. The summed E-state index contributed by atoms with van der Waals surface area (Å²) in [6, 6.07) is 4.39. The van der Waals surface area contributed by atoms with E-state index in [0.29, 0.717) is 23.1 Å². The molecule has 0 spiro atoms. The summed E-state index contributed by atoms with van der Waals surface area (Å²) in [6.07, 6.45) is -3.14. The number of alkyl halides is 3. The van der Waals surface area contributed by atoms with Crippen LogP contribution in [0.25, 0.3) is 0 Å². The monoisotopic (exact) mass is 338 g/mol. The van der Waals surface area contributed by atoms with E-state index in [1.165, 1.54) is 12.4 Å². The molecule has 0 aliphatic carbocycles. The quantitative estimate of drug-likeness (QED) is 0.742. The molecule has 7 nitrogen and oxygen atoms in total. The van der Waals surface area contributed by atoms with E-state index < -0.39 is 17.8 Å². The minimum Gasteiger partial charge on any atom is -0.340 e. The van der Waals surface area contributed by atoms with Gasteiger partial charge in [0.05, 0.1) is 18.2 Å². The molecule has 2 heterocycles. The average Bonchev–Trinajstić information content (AvgIpc) is 3.19. The van der Waals surface area contributed by atoms with Crippen LogP contribution in [0.1, 0.15) is 34.7 Å². The lowest BCUT2D eigenvalue weighted by Gasteiger charge is -2.17. The van der Waals surface area contributed by atoms with Crippen LogP contribution in [0.2, 0.25) is 0 Å². The van der Waals surface area contributed by atoms with Crippen molar-refractivity contribution in [3.05, 3.63) is 59.3 Å². The van der Waals surface area contributed by atoms with Crippen LogP contribution >= 0.6 is 0 Å². The fourth-order valence-corrected chi connectivity index (χ4v) is 2.23. The summed E-state index contributed by atoms with van der Waals surface area (Å²) < 4.78 is 43.7. The molecule has 0 fully saturated rings. The normalized spacial score (nSPS) is 13.2. The first-order valence-corrected chi connectivity index (χ1v) is 6.98. The first-order chi connectivity index (χ1) is 11.4. The second-order valence-corrected chi connectivity index (χ2v) is 5.04. The van der Waals surface area contributed by atoms with E-state index in [9.17, 15) is 13.2 Å². The zero-order valence-corrected chi connectivity index (χ0v) is 12.5. The number of H-pyrrole nitrogens is 1. The predicted octanol–water partition coefficient (Wildman–Crippen LogP) is 2.39. The van der Waals surface area contributed by atoms with Gasteiger partial charge in [0.15, 0.2) is 5.82 Å². The summed E-state index contributed by atoms with van der Waals surface area (Å²) in [6.45, 7) is 1.84. The number of aromatic nitrogens is 5. The first-order valence-electron chi connectivity index (χ1n) is 6.98. The SMILES string of the molecule is Cc1nc(CN[C@H](c2cccc(C(F)(F)F)c2)c2ncn[nH]2)no1. The molecule has 1 atom stereocenters. The highest BCUT2D eigenvalue weighted by Gasteiger charge is 2.31. The largest absolute Gasteiger partial charge is 0.416 e. The Morgan fingerprint density at radius 3 is 2.79 bits per heavy atom. The molecule has 0 aliphatic heterocycles. The van der Waals surface area contributed by atoms with Gasteiger partial charge in [0.2, 0.25) is 5.89 Å². The van der Waals surface area contributed by atoms with Gasteiger partial charge in [0, 0.05) is 6.92 Å². The summed E-state index contributed by atoms with van der Waals surface area (Å²) in [4.78, 5) is 8.08. The maximum Gasteiger partial charge on any atom is 0.416 e. The van der Waals surface area contributed by atoms with E-state index >= 15 is 0 Å². The van der Waals surface area contributed by atoms with Crippen LogP contribution < -0.4 is 5.32 Å². The van der Waals surface area contributed by atoms with E-state index in [1.54, 1.807) is 13.0 Å². The lowest BCUT2D eigenvalue weighted by molar-refractivity contribution is -0.137. The molecule has 2 aromatic heterocycles. The molecular formula is C14H13F3N6O. The van der Waals surface area contributed by atoms with E-state index in [4.69, 9.17) is 4.52 Å². The van der Waals surface area contributed by atoms with Crippen LogP contribution in [0.15, 0.2) is 35.1 Å². The lowest BCUT2D eigenvalue weighted by atomic mass is 10.0. The fourth-order valence-electron chi connectivity index (χ4n) is 2.23. The minimum atomic E-state index is -4.42. The molecule has 1 aromatic carbocycles. The van der Waals surface area contributed by atoms with Crippen LogP contribution in [-0.4, -0.2) is 25.3 Å². The van der Waals surface area contributed by atoms with Gasteiger partial charge in [-0.1, -0.05) is 17.3 Å². The molecule has 0 unspecified atom stereocenters. The zero-order valence-electron chi connectivity index (χ0n) is 12.5. The first kappa shape index (κ1) is 16.1. The Morgan fingerprint density at radius 2 is 2.17 bits per heavy atom. The third-order valence-corrected chi connectivity index (χ3v) is 3.29. The second kappa shape index (κ2) is 6.40. The van der Waals surface area contributed by atoms with Crippen molar-refractivity contribution in [3.63, 3.8) is 0 Å². The molecule has 0 amide bonds. The van der Waals surface area contributed by atoms with E-state index in [2.05, 4.69) is 30.6 Å². The maximum atomic E-state index is 12.9. The molecule has 2 N–H and O–H groups in total. The number of rotatable bonds is 5. The van der Waals surface area contributed by atoms with E-state index in [-0.39, 0.29) is 6.54 Å². The van der Waals surface area contributed by atoms with Crippen LogP contribution in [0.5, 0.6) is 0 Å². The van der Waals surface area contributed by atoms with Gasteiger partial charge < -0.3 is 4.52 Å². The van der Waals surface area contributed by atoms with Crippen molar-refractivity contribution in [3.8, 4) is 0 Å². The van der Waals surface area contributed by atoms with E-state index in [1.807, 2.05) is 0 Å². The number of aryl methyl sites for hydroxylation is 1. The topological polar surface area (TPSA) is 92.5 Å². The summed E-state index contributed by atoms with van der Waals surface area (Å²) in [5.74, 6) is 1.18. The molecule has 3 aromatic rings. The van der Waals surface area contributed by atoms with Gasteiger partial charge in [-0.25, -0.2) is 4.98 Å². The zero-order chi connectivity index (χ0) is 17.2. The van der Waals surface area contributed by atoms with Crippen LogP contribution in [-0.2, 0) is 12.7 Å². The second-order valence-electron chi connectivity index (χ2n) is 5.04.